The number of halogens is 1. The summed E-state index contributed by atoms with van der Waals surface area (Å²) in [7, 11) is 0. The molecule has 0 radical (unpaired) electrons. The Morgan fingerprint density at radius 2 is 2.31 bits per heavy atom. The number of fused-ring (bicyclic) bond motifs is 1. The van der Waals surface area contributed by atoms with Crippen molar-refractivity contribution in [3.8, 4) is 0 Å². The van der Waals surface area contributed by atoms with Gasteiger partial charge < -0.3 is 5.11 Å². The summed E-state index contributed by atoms with van der Waals surface area (Å²) in [5.41, 5.74) is 0.629. The summed E-state index contributed by atoms with van der Waals surface area (Å²) < 4.78 is 1.63. The van der Waals surface area contributed by atoms with Crippen LogP contribution in [-0.4, -0.2) is 25.7 Å². The van der Waals surface area contributed by atoms with Gasteiger partial charge in [-0.25, -0.2) is 4.79 Å². The first-order valence-electron chi connectivity index (χ1n) is 4.90. The Morgan fingerprint density at radius 3 is 2.94 bits per heavy atom. The lowest BCUT2D eigenvalue weighted by Gasteiger charge is -2.01. The van der Waals surface area contributed by atoms with Gasteiger partial charge in [-0.05, 0) is 12.5 Å². The molecule has 16 heavy (non-hydrogen) atoms. The van der Waals surface area contributed by atoms with Crippen molar-refractivity contribution < 1.29 is 9.90 Å². The second-order valence-electron chi connectivity index (χ2n) is 3.44. The third kappa shape index (κ3) is 1.74. The van der Waals surface area contributed by atoms with Gasteiger partial charge in [0.25, 0.3) is 0 Å². The highest BCUT2D eigenvalue weighted by Crippen LogP contribution is 2.19. The molecule has 0 saturated heterocycles. The number of nitrogens with zero attached hydrogens (tertiary/aromatic N) is 3. The maximum atomic E-state index is 10.9. The van der Waals surface area contributed by atoms with E-state index in [-0.39, 0.29) is 5.56 Å². The zero-order chi connectivity index (χ0) is 11.7. The molecule has 0 saturated carbocycles. The van der Waals surface area contributed by atoms with E-state index >= 15 is 0 Å². The molecule has 5 nitrogen and oxygen atoms in total. The number of aromatic carboxylic acids is 1. The molecule has 0 fully saturated rings. The van der Waals surface area contributed by atoms with Gasteiger partial charge in [-0.1, -0.05) is 18.5 Å². The molecule has 0 atom stereocenters. The van der Waals surface area contributed by atoms with E-state index in [0.29, 0.717) is 10.7 Å². The van der Waals surface area contributed by atoms with E-state index in [1.54, 1.807) is 4.40 Å². The normalized spacial score (nSPS) is 10.9. The number of carbonyl (C=O) groups is 1. The SMILES string of the molecule is CCCc1nnc2c(Cl)cc(C(=O)O)cn12. The minimum absolute atomic E-state index is 0.134. The molecule has 1 N–H and O–H groups in total. The first-order chi connectivity index (χ1) is 7.63. The molecule has 0 aromatic carbocycles. The average molecular weight is 240 g/mol. The van der Waals surface area contributed by atoms with Gasteiger partial charge in [-0.3, -0.25) is 4.40 Å². The fourth-order valence-electron chi connectivity index (χ4n) is 1.51. The molecule has 0 aliphatic rings. The van der Waals surface area contributed by atoms with E-state index in [2.05, 4.69) is 10.2 Å². The number of carboxylic acid groups (broad SMARTS) is 1. The number of hydrogen-bond donors (Lipinski definition) is 1. The van der Waals surface area contributed by atoms with E-state index < -0.39 is 5.97 Å². The van der Waals surface area contributed by atoms with Crippen LogP contribution in [0, 0.1) is 0 Å². The van der Waals surface area contributed by atoms with Crippen LogP contribution < -0.4 is 0 Å². The van der Waals surface area contributed by atoms with Crippen LogP contribution in [0.4, 0.5) is 0 Å². The molecule has 0 spiro atoms. The summed E-state index contributed by atoms with van der Waals surface area (Å²) in [5.74, 6) is -0.289. The Labute approximate surface area is 96.7 Å². The van der Waals surface area contributed by atoms with Gasteiger partial charge in [0.15, 0.2) is 5.65 Å². The Balaban J connectivity index is 2.66. The Bertz CT molecular complexity index is 550. The van der Waals surface area contributed by atoms with E-state index in [0.717, 1.165) is 18.7 Å². The second-order valence-corrected chi connectivity index (χ2v) is 3.85. The highest BCUT2D eigenvalue weighted by Gasteiger charge is 2.12. The van der Waals surface area contributed by atoms with Crippen LogP contribution in [0.2, 0.25) is 5.02 Å². The van der Waals surface area contributed by atoms with Gasteiger partial charge in [0.05, 0.1) is 10.6 Å². The summed E-state index contributed by atoms with van der Waals surface area (Å²) in [4.78, 5) is 10.9. The minimum Gasteiger partial charge on any atom is -0.478 e. The van der Waals surface area contributed by atoms with Gasteiger partial charge >= 0.3 is 5.97 Å². The Hall–Kier alpha value is -1.62. The molecule has 6 heteroatoms. The molecule has 84 valence electrons. The van der Waals surface area contributed by atoms with Crippen molar-refractivity contribution >= 4 is 23.2 Å². The summed E-state index contributed by atoms with van der Waals surface area (Å²) in [6.07, 6.45) is 3.14. The van der Waals surface area contributed by atoms with Crippen molar-refractivity contribution in [2.45, 2.75) is 19.8 Å². The van der Waals surface area contributed by atoms with Crippen LogP contribution in [0.3, 0.4) is 0 Å². The van der Waals surface area contributed by atoms with Crippen molar-refractivity contribution in [1.82, 2.24) is 14.6 Å². The standard InChI is InChI=1S/C10H10ClN3O2/c1-2-3-8-12-13-9-7(11)4-6(10(15)16)5-14(8)9/h4-5H,2-3H2,1H3,(H,15,16). The van der Waals surface area contributed by atoms with Crippen LogP contribution in [-0.2, 0) is 6.42 Å². The van der Waals surface area contributed by atoms with Crippen LogP contribution in [0.1, 0.15) is 29.5 Å². The second kappa shape index (κ2) is 4.09. The largest absolute Gasteiger partial charge is 0.478 e. The number of pyridine rings is 1. The molecule has 0 bridgehead atoms. The summed E-state index contributed by atoms with van der Waals surface area (Å²) in [5, 5.41) is 17.1. The lowest BCUT2D eigenvalue weighted by Crippen LogP contribution is -2.01. The van der Waals surface area contributed by atoms with Gasteiger partial charge in [0, 0.05) is 12.6 Å². The first-order valence-corrected chi connectivity index (χ1v) is 5.27. The van der Waals surface area contributed by atoms with Gasteiger partial charge in [-0.2, -0.15) is 0 Å². The predicted octanol–water partition coefficient (Wildman–Crippen LogP) is 2.03. The average Bonchev–Trinajstić information content (AvgIpc) is 2.63. The lowest BCUT2D eigenvalue weighted by molar-refractivity contribution is 0.0696. The molecule has 0 aliphatic carbocycles. The maximum absolute atomic E-state index is 10.9. The van der Waals surface area contributed by atoms with Crippen molar-refractivity contribution in [1.29, 1.82) is 0 Å². The number of hydrogen-bond acceptors (Lipinski definition) is 3. The van der Waals surface area contributed by atoms with Crippen molar-refractivity contribution in [3.63, 3.8) is 0 Å². The predicted molar refractivity (Wildman–Crippen MR) is 59.0 cm³/mol. The van der Waals surface area contributed by atoms with Gasteiger partial charge in [0.1, 0.15) is 5.82 Å². The van der Waals surface area contributed by atoms with Crippen molar-refractivity contribution in [2.75, 3.05) is 0 Å². The van der Waals surface area contributed by atoms with Gasteiger partial charge in [0.2, 0.25) is 0 Å². The van der Waals surface area contributed by atoms with E-state index in [4.69, 9.17) is 16.7 Å². The fraction of sp³-hybridized carbons (Fsp3) is 0.300. The van der Waals surface area contributed by atoms with E-state index in [9.17, 15) is 4.79 Å². The Morgan fingerprint density at radius 1 is 1.56 bits per heavy atom. The van der Waals surface area contributed by atoms with Crippen molar-refractivity contribution in [2.24, 2.45) is 0 Å². The van der Waals surface area contributed by atoms with E-state index in [1.165, 1.54) is 12.3 Å². The number of aromatic nitrogens is 3. The smallest absolute Gasteiger partial charge is 0.337 e. The number of rotatable bonds is 3. The van der Waals surface area contributed by atoms with Crippen LogP contribution in [0.25, 0.3) is 5.65 Å². The summed E-state index contributed by atoms with van der Waals surface area (Å²) >= 11 is 5.93. The molecule has 0 unspecified atom stereocenters. The zero-order valence-electron chi connectivity index (χ0n) is 8.64. The molecule has 2 rings (SSSR count). The highest BCUT2D eigenvalue weighted by atomic mass is 35.5. The molecular weight excluding hydrogens is 230 g/mol. The third-order valence-corrected chi connectivity index (χ3v) is 2.53. The Kier molecular flexibility index (Phi) is 2.78. The topological polar surface area (TPSA) is 67.5 Å². The molecule has 2 aromatic heterocycles. The zero-order valence-corrected chi connectivity index (χ0v) is 9.40. The number of aryl methyl sites for hydroxylation is 1. The summed E-state index contributed by atoms with van der Waals surface area (Å²) in [6, 6.07) is 1.38. The van der Waals surface area contributed by atoms with Crippen LogP contribution >= 0.6 is 11.6 Å². The molecular formula is C10H10ClN3O2. The maximum Gasteiger partial charge on any atom is 0.337 e. The van der Waals surface area contributed by atoms with Crippen LogP contribution in [0.15, 0.2) is 12.3 Å². The summed E-state index contributed by atoms with van der Waals surface area (Å²) in [6.45, 7) is 2.02. The lowest BCUT2D eigenvalue weighted by atomic mass is 10.2. The van der Waals surface area contributed by atoms with Crippen LogP contribution in [0.5, 0.6) is 0 Å². The highest BCUT2D eigenvalue weighted by molar-refractivity contribution is 6.33. The molecule has 2 heterocycles. The third-order valence-electron chi connectivity index (χ3n) is 2.25. The quantitative estimate of drug-likeness (QED) is 0.890. The monoisotopic (exact) mass is 239 g/mol. The minimum atomic E-state index is -1.01. The first kappa shape index (κ1) is 10.9. The molecule has 0 aliphatic heterocycles. The van der Waals surface area contributed by atoms with Gasteiger partial charge in [-0.15, -0.1) is 10.2 Å². The fourth-order valence-corrected chi connectivity index (χ4v) is 1.76. The number of carboxylic acids is 1. The molecule has 0 amide bonds. The van der Waals surface area contributed by atoms with Crippen molar-refractivity contribution in [3.05, 3.63) is 28.7 Å². The molecule has 2 aromatic rings. The van der Waals surface area contributed by atoms with E-state index in [1.807, 2.05) is 6.92 Å².